The van der Waals surface area contributed by atoms with E-state index in [1.807, 2.05) is 63.4 Å². The van der Waals surface area contributed by atoms with E-state index in [9.17, 15) is 14.7 Å². The summed E-state index contributed by atoms with van der Waals surface area (Å²) in [4.78, 5) is 25.1. The maximum atomic E-state index is 13.3. The first kappa shape index (κ1) is 34.4. The van der Waals surface area contributed by atoms with Gasteiger partial charge in [0.15, 0.2) is 0 Å². The first-order chi connectivity index (χ1) is 18.8. The van der Waals surface area contributed by atoms with E-state index in [0.717, 1.165) is 28.7 Å². The quantitative estimate of drug-likeness (QED) is 0.319. The summed E-state index contributed by atoms with van der Waals surface area (Å²) in [5.74, 6) is -0.0654. The van der Waals surface area contributed by atoms with Gasteiger partial charge in [0.25, 0.3) is 5.91 Å². The molecule has 2 aromatic carbocycles. The number of nitrogens with one attached hydrogen (secondary N) is 1. The molecule has 216 valence electrons. The Morgan fingerprint density at radius 1 is 1.07 bits per heavy atom. The van der Waals surface area contributed by atoms with Crippen molar-refractivity contribution in [3.05, 3.63) is 59.2 Å². The van der Waals surface area contributed by atoms with Gasteiger partial charge in [-0.15, -0.1) is 0 Å². The Balaban J connectivity index is 0.00000420. The number of benzene rings is 2. The second-order valence-corrected chi connectivity index (χ2v) is 11.9. The number of aliphatic carboxylic acids is 1. The minimum absolute atomic E-state index is 0. The Kier molecular flexibility index (Phi) is 15.4. The molecule has 2 N–H and O–H groups in total. The first-order valence-electron chi connectivity index (χ1n) is 14.2. The van der Waals surface area contributed by atoms with Crippen molar-refractivity contribution in [1.82, 2.24) is 5.32 Å². The number of carbonyl (C=O) groups is 2. The van der Waals surface area contributed by atoms with E-state index in [0.29, 0.717) is 36.9 Å². The molecule has 1 amide bonds. The molecule has 0 saturated heterocycles. The molecule has 40 heavy (non-hydrogen) atoms. The van der Waals surface area contributed by atoms with Gasteiger partial charge in [-0.1, -0.05) is 62.4 Å². The molecular formula is C32H46LiNO5S. The zero-order valence-corrected chi connectivity index (χ0v) is 25.7. The molecule has 0 bridgehead atoms. The van der Waals surface area contributed by atoms with Crippen molar-refractivity contribution in [1.29, 1.82) is 0 Å². The second kappa shape index (κ2) is 17.9. The van der Waals surface area contributed by atoms with Gasteiger partial charge in [0, 0.05) is 5.56 Å². The van der Waals surface area contributed by atoms with Crippen molar-refractivity contribution in [2.24, 2.45) is 5.92 Å². The molecule has 0 radical (unpaired) electrons. The normalized spacial score (nSPS) is 15.3. The number of rotatable bonds is 15. The van der Waals surface area contributed by atoms with Gasteiger partial charge < -0.3 is 21.3 Å². The molecule has 3 rings (SSSR count). The van der Waals surface area contributed by atoms with Crippen LogP contribution in [0.15, 0.2) is 42.5 Å². The minimum atomic E-state index is -1.02. The average Bonchev–Trinajstić information content (AvgIpc) is 2.93. The van der Waals surface area contributed by atoms with Crippen LogP contribution >= 0.6 is 11.8 Å². The van der Waals surface area contributed by atoms with Gasteiger partial charge >= 0.3 is 24.8 Å². The summed E-state index contributed by atoms with van der Waals surface area (Å²) in [6.45, 7) is 7.11. The molecule has 2 atom stereocenters. The van der Waals surface area contributed by atoms with E-state index >= 15 is 0 Å². The Morgan fingerprint density at radius 2 is 1.80 bits per heavy atom. The largest absolute Gasteiger partial charge is 1.00 e. The maximum absolute atomic E-state index is 13.3. The number of ether oxygens (including phenoxy) is 2. The number of hydrogen-bond acceptors (Lipinski definition) is 5. The predicted octanol–water partition coefficient (Wildman–Crippen LogP) is 4.00. The summed E-state index contributed by atoms with van der Waals surface area (Å²) in [6.07, 6.45) is 9.92. The van der Waals surface area contributed by atoms with E-state index in [-0.39, 0.29) is 38.4 Å². The average molecular weight is 564 g/mol. The summed E-state index contributed by atoms with van der Waals surface area (Å²) in [5.41, 5.74) is 4.21. The van der Waals surface area contributed by atoms with Crippen molar-refractivity contribution in [2.45, 2.75) is 90.6 Å². The van der Waals surface area contributed by atoms with E-state index in [1.165, 1.54) is 32.1 Å². The summed E-state index contributed by atoms with van der Waals surface area (Å²) in [6, 6.07) is 12.7. The van der Waals surface area contributed by atoms with E-state index in [4.69, 9.17) is 9.47 Å². The topological polar surface area (TPSA) is 84.9 Å². The van der Waals surface area contributed by atoms with Gasteiger partial charge in [-0.05, 0) is 85.9 Å². The van der Waals surface area contributed by atoms with Crippen LogP contribution < -0.4 is 24.2 Å². The van der Waals surface area contributed by atoms with Crippen LogP contribution in [0.5, 0.6) is 0 Å². The number of hydrogen-bond donors (Lipinski definition) is 2. The van der Waals surface area contributed by atoms with Gasteiger partial charge in [0.1, 0.15) is 6.04 Å². The zero-order valence-electron chi connectivity index (χ0n) is 25.9. The Morgan fingerprint density at radius 3 is 2.45 bits per heavy atom. The van der Waals surface area contributed by atoms with Crippen LogP contribution in [-0.4, -0.2) is 53.8 Å². The van der Waals surface area contributed by atoms with E-state index < -0.39 is 12.0 Å². The zero-order chi connectivity index (χ0) is 28.2. The van der Waals surface area contributed by atoms with Crippen LogP contribution in [0, 0.1) is 12.8 Å². The molecule has 0 spiro atoms. The SMILES string of the molecule is CSCC[C@H](NC(=O)c1ccc(CO[C@H](COC(C)C)CC2CCCCC2)cc1-c1ccccc1C)C(=O)O.[H-].[Li+]. The Hall–Kier alpha value is -1.75. The Labute approximate surface area is 258 Å². The van der Waals surface area contributed by atoms with Crippen molar-refractivity contribution in [3.63, 3.8) is 0 Å². The first-order valence-corrected chi connectivity index (χ1v) is 15.6. The van der Waals surface area contributed by atoms with Gasteiger partial charge in [-0.3, -0.25) is 4.79 Å². The molecule has 1 fully saturated rings. The number of carboxylic acid groups (broad SMARTS) is 1. The van der Waals surface area contributed by atoms with Crippen LogP contribution in [0.1, 0.15) is 81.7 Å². The molecule has 0 aliphatic heterocycles. The molecule has 0 aromatic heterocycles. The van der Waals surface area contributed by atoms with Crippen LogP contribution in [0.25, 0.3) is 11.1 Å². The van der Waals surface area contributed by atoms with Gasteiger partial charge in [0.05, 0.1) is 25.4 Å². The van der Waals surface area contributed by atoms with Crippen molar-refractivity contribution in [3.8, 4) is 11.1 Å². The molecule has 0 heterocycles. The fraction of sp³-hybridized carbons (Fsp3) is 0.562. The van der Waals surface area contributed by atoms with Crippen LogP contribution in [0.2, 0.25) is 0 Å². The molecule has 0 unspecified atom stereocenters. The standard InChI is InChI=1S/C32H45NO5S.Li.H/c1-22(2)37-21-26(18-24-11-6-5-7-12-24)38-20-25-14-15-28(29(19-25)27-13-9-8-10-23(27)3)31(34)33-30(32(35)36)16-17-39-4;;/h8-10,13-15,19,22,24,26,30H,5-7,11-12,16-18,20-21H2,1-4H3,(H,33,34)(H,35,36);;/q;+1;-1/t26-,30-;;/m0../s1. The predicted molar refractivity (Wildman–Crippen MR) is 160 cm³/mol. The molecular weight excluding hydrogens is 517 g/mol. The number of thioether (sulfide) groups is 1. The van der Waals surface area contributed by atoms with Crippen LogP contribution in [0.3, 0.4) is 0 Å². The van der Waals surface area contributed by atoms with Gasteiger partial charge in [-0.2, -0.15) is 11.8 Å². The fourth-order valence-electron chi connectivity index (χ4n) is 5.20. The third kappa shape index (κ3) is 10.9. The fourth-order valence-corrected chi connectivity index (χ4v) is 5.67. The molecule has 6 nitrogen and oxygen atoms in total. The molecule has 8 heteroatoms. The monoisotopic (exact) mass is 563 g/mol. The molecule has 1 aliphatic carbocycles. The summed E-state index contributed by atoms with van der Waals surface area (Å²) in [5, 5.41) is 12.4. The summed E-state index contributed by atoms with van der Waals surface area (Å²) >= 11 is 1.56. The number of carbonyl (C=O) groups excluding carboxylic acids is 1. The van der Waals surface area contributed by atoms with Crippen LogP contribution in [0.4, 0.5) is 0 Å². The Bertz CT molecular complexity index is 1080. The van der Waals surface area contributed by atoms with Crippen LogP contribution in [-0.2, 0) is 20.9 Å². The minimum Gasteiger partial charge on any atom is -1.00 e. The number of amides is 1. The molecule has 1 saturated carbocycles. The van der Waals surface area contributed by atoms with Crippen molar-refractivity contribution < 1.29 is 44.5 Å². The molecule has 1 aliphatic rings. The maximum Gasteiger partial charge on any atom is 1.00 e. The third-order valence-corrected chi connectivity index (χ3v) is 8.04. The summed E-state index contributed by atoms with van der Waals surface area (Å²) in [7, 11) is 0. The van der Waals surface area contributed by atoms with Gasteiger partial charge in [-0.25, -0.2) is 4.79 Å². The van der Waals surface area contributed by atoms with Gasteiger partial charge in [0.2, 0.25) is 0 Å². The summed E-state index contributed by atoms with van der Waals surface area (Å²) < 4.78 is 12.4. The smallest absolute Gasteiger partial charge is 1.00 e. The van der Waals surface area contributed by atoms with E-state index in [2.05, 4.69) is 5.32 Å². The second-order valence-electron chi connectivity index (χ2n) is 10.9. The van der Waals surface area contributed by atoms with Crippen molar-refractivity contribution >= 4 is 23.6 Å². The molecule has 2 aromatic rings. The third-order valence-electron chi connectivity index (χ3n) is 7.40. The number of aryl methyl sites for hydroxylation is 1. The van der Waals surface area contributed by atoms with E-state index in [1.54, 1.807) is 17.8 Å². The van der Waals surface area contributed by atoms with Crippen molar-refractivity contribution in [2.75, 3.05) is 18.6 Å². The number of carboxylic acids is 1.